The zero-order chi connectivity index (χ0) is 13.1. The molecule has 4 N–H and O–H groups in total. The first-order valence-electron chi connectivity index (χ1n) is 5.20. The van der Waals surface area contributed by atoms with Crippen molar-refractivity contribution in [2.45, 2.75) is 0 Å². The number of hydrogen-bond donors (Lipinski definition) is 2. The first-order valence-corrected chi connectivity index (χ1v) is 5.20. The fraction of sp³-hybridized carbons (Fsp3) is 0. The lowest BCUT2D eigenvalue weighted by Gasteiger charge is -2.11. The van der Waals surface area contributed by atoms with Crippen molar-refractivity contribution >= 4 is 11.6 Å². The van der Waals surface area contributed by atoms with Crippen LogP contribution in [0.5, 0.6) is 11.5 Å². The number of halogens is 1. The molecule has 0 aliphatic heterocycles. The van der Waals surface area contributed by atoms with Crippen molar-refractivity contribution in [3.8, 4) is 11.5 Å². The maximum Gasteiger partial charge on any atom is 0.251 e. The van der Waals surface area contributed by atoms with Crippen LogP contribution in [0.2, 0.25) is 0 Å². The van der Waals surface area contributed by atoms with Gasteiger partial charge in [-0.25, -0.2) is 4.39 Å². The van der Waals surface area contributed by atoms with Crippen molar-refractivity contribution in [2.75, 3.05) is 5.73 Å². The van der Waals surface area contributed by atoms with Crippen LogP contribution in [0.15, 0.2) is 42.5 Å². The molecule has 0 saturated heterocycles. The Kier molecular flexibility index (Phi) is 3.14. The van der Waals surface area contributed by atoms with Crippen LogP contribution in [0, 0.1) is 5.82 Å². The summed E-state index contributed by atoms with van der Waals surface area (Å²) in [7, 11) is 0. The van der Waals surface area contributed by atoms with Gasteiger partial charge in [-0.15, -0.1) is 0 Å². The van der Waals surface area contributed by atoms with Gasteiger partial charge in [0, 0.05) is 0 Å². The molecule has 0 aliphatic carbocycles. The number of primary amides is 1. The van der Waals surface area contributed by atoms with Gasteiger partial charge in [0.1, 0.15) is 5.75 Å². The molecule has 0 saturated carbocycles. The predicted molar refractivity (Wildman–Crippen MR) is 65.8 cm³/mol. The third-order valence-corrected chi connectivity index (χ3v) is 2.36. The number of para-hydroxylation sites is 1. The van der Waals surface area contributed by atoms with Gasteiger partial charge in [0.25, 0.3) is 5.91 Å². The summed E-state index contributed by atoms with van der Waals surface area (Å²) in [4.78, 5) is 11.0. The van der Waals surface area contributed by atoms with Gasteiger partial charge in [0.15, 0.2) is 11.6 Å². The summed E-state index contributed by atoms with van der Waals surface area (Å²) < 4.78 is 19.3. The lowest BCUT2D eigenvalue weighted by Crippen LogP contribution is -2.14. The molecule has 0 unspecified atom stereocenters. The Balaban J connectivity index is 2.44. The standard InChI is InChI=1S/C13H11FN2O2/c14-11-9(13(16)17)6-7-10(15)12(11)18-8-4-2-1-3-5-8/h1-7H,15H2,(H2,16,17). The van der Waals surface area contributed by atoms with Crippen molar-refractivity contribution in [1.29, 1.82) is 0 Å². The predicted octanol–water partition coefficient (Wildman–Crippen LogP) is 2.30. The Morgan fingerprint density at radius 3 is 2.39 bits per heavy atom. The number of benzene rings is 2. The average Bonchev–Trinajstić information content (AvgIpc) is 2.35. The number of amides is 1. The number of carbonyl (C=O) groups is 1. The molecule has 0 heterocycles. The van der Waals surface area contributed by atoms with Crippen LogP contribution in [0.25, 0.3) is 0 Å². The molecule has 5 heteroatoms. The molecule has 0 atom stereocenters. The third-order valence-electron chi connectivity index (χ3n) is 2.36. The van der Waals surface area contributed by atoms with E-state index in [1.54, 1.807) is 30.3 Å². The monoisotopic (exact) mass is 246 g/mol. The molecule has 2 aromatic carbocycles. The van der Waals surface area contributed by atoms with E-state index in [4.69, 9.17) is 16.2 Å². The summed E-state index contributed by atoms with van der Waals surface area (Å²) in [6.45, 7) is 0. The van der Waals surface area contributed by atoms with Crippen LogP contribution in [0.3, 0.4) is 0 Å². The molecule has 0 spiro atoms. The van der Waals surface area contributed by atoms with Gasteiger partial charge in [0.2, 0.25) is 0 Å². The molecular weight excluding hydrogens is 235 g/mol. The molecule has 4 nitrogen and oxygen atoms in total. The Morgan fingerprint density at radius 1 is 1.11 bits per heavy atom. The molecular formula is C13H11FN2O2. The molecule has 0 aliphatic rings. The Labute approximate surface area is 103 Å². The highest BCUT2D eigenvalue weighted by Gasteiger charge is 2.17. The Hall–Kier alpha value is -2.56. The van der Waals surface area contributed by atoms with E-state index in [1.807, 2.05) is 0 Å². The highest BCUT2D eigenvalue weighted by Crippen LogP contribution is 2.32. The van der Waals surface area contributed by atoms with Gasteiger partial charge in [-0.2, -0.15) is 0 Å². The third kappa shape index (κ3) is 2.24. The number of nitrogens with two attached hydrogens (primary N) is 2. The number of rotatable bonds is 3. The van der Waals surface area contributed by atoms with E-state index >= 15 is 0 Å². The topological polar surface area (TPSA) is 78.3 Å². The summed E-state index contributed by atoms with van der Waals surface area (Å²) in [5.74, 6) is -1.50. The Morgan fingerprint density at radius 2 is 1.78 bits per heavy atom. The second-order valence-corrected chi connectivity index (χ2v) is 3.62. The van der Waals surface area contributed by atoms with Crippen LogP contribution in [0.4, 0.5) is 10.1 Å². The van der Waals surface area contributed by atoms with E-state index in [0.29, 0.717) is 5.75 Å². The minimum absolute atomic E-state index is 0.0985. The number of nitrogen functional groups attached to an aromatic ring is 1. The first kappa shape index (κ1) is 11.9. The number of carbonyl (C=O) groups excluding carboxylic acids is 1. The maximum absolute atomic E-state index is 14.0. The quantitative estimate of drug-likeness (QED) is 0.815. The lowest BCUT2D eigenvalue weighted by atomic mass is 10.1. The largest absolute Gasteiger partial charge is 0.452 e. The average molecular weight is 246 g/mol. The van der Waals surface area contributed by atoms with Gasteiger partial charge < -0.3 is 16.2 Å². The minimum Gasteiger partial charge on any atom is -0.452 e. The fourth-order valence-electron chi connectivity index (χ4n) is 1.47. The molecule has 0 aromatic heterocycles. The first-order chi connectivity index (χ1) is 8.59. The van der Waals surface area contributed by atoms with E-state index in [-0.39, 0.29) is 17.0 Å². The van der Waals surface area contributed by atoms with Crippen molar-refractivity contribution in [1.82, 2.24) is 0 Å². The second-order valence-electron chi connectivity index (χ2n) is 3.62. The highest BCUT2D eigenvalue weighted by atomic mass is 19.1. The normalized spacial score (nSPS) is 10.1. The lowest BCUT2D eigenvalue weighted by molar-refractivity contribution is 0.0996. The van der Waals surface area contributed by atoms with Gasteiger partial charge in [-0.3, -0.25) is 4.79 Å². The van der Waals surface area contributed by atoms with E-state index in [2.05, 4.69) is 0 Å². The summed E-state index contributed by atoms with van der Waals surface area (Å²) in [6.07, 6.45) is 0. The zero-order valence-electron chi connectivity index (χ0n) is 9.39. The molecule has 2 aromatic rings. The van der Waals surface area contributed by atoms with Crippen molar-refractivity contribution in [3.05, 3.63) is 53.8 Å². The van der Waals surface area contributed by atoms with Gasteiger partial charge in [0.05, 0.1) is 11.3 Å². The summed E-state index contributed by atoms with van der Waals surface area (Å²) >= 11 is 0. The van der Waals surface area contributed by atoms with E-state index in [1.165, 1.54) is 12.1 Å². The molecule has 0 radical (unpaired) electrons. The van der Waals surface area contributed by atoms with Crippen molar-refractivity contribution < 1.29 is 13.9 Å². The molecule has 0 fully saturated rings. The van der Waals surface area contributed by atoms with Gasteiger partial charge >= 0.3 is 0 Å². The number of ether oxygens (including phenoxy) is 1. The van der Waals surface area contributed by atoms with E-state index < -0.39 is 11.7 Å². The van der Waals surface area contributed by atoms with Gasteiger partial charge in [-0.1, -0.05) is 18.2 Å². The fourth-order valence-corrected chi connectivity index (χ4v) is 1.47. The summed E-state index contributed by atoms with van der Waals surface area (Å²) in [6, 6.07) is 11.2. The summed E-state index contributed by atoms with van der Waals surface area (Å²) in [5, 5.41) is 0. The van der Waals surface area contributed by atoms with E-state index in [0.717, 1.165) is 0 Å². The smallest absolute Gasteiger partial charge is 0.251 e. The molecule has 0 bridgehead atoms. The second kappa shape index (κ2) is 4.75. The van der Waals surface area contributed by atoms with Crippen molar-refractivity contribution in [3.63, 3.8) is 0 Å². The SMILES string of the molecule is NC(=O)c1ccc(N)c(Oc2ccccc2)c1F. The van der Waals surface area contributed by atoms with Crippen LogP contribution in [-0.2, 0) is 0 Å². The Bertz CT molecular complexity index is 585. The van der Waals surface area contributed by atoms with E-state index in [9.17, 15) is 9.18 Å². The summed E-state index contributed by atoms with van der Waals surface area (Å²) in [5.41, 5.74) is 10.5. The number of anilines is 1. The molecule has 92 valence electrons. The molecule has 18 heavy (non-hydrogen) atoms. The maximum atomic E-state index is 14.0. The van der Waals surface area contributed by atoms with Crippen molar-refractivity contribution in [2.24, 2.45) is 5.73 Å². The highest BCUT2D eigenvalue weighted by molar-refractivity contribution is 5.94. The van der Waals surface area contributed by atoms with Crippen LogP contribution < -0.4 is 16.2 Å². The van der Waals surface area contributed by atoms with Crippen LogP contribution in [-0.4, -0.2) is 5.91 Å². The van der Waals surface area contributed by atoms with Gasteiger partial charge in [-0.05, 0) is 24.3 Å². The molecule has 1 amide bonds. The molecule has 2 rings (SSSR count). The van der Waals surface area contributed by atoms with Crippen LogP contribution in [0.1, 0.15) is 10.4 Å². The minimum atomic E-state index is -0.870. The zero-order valence-corrected chi connectivity index (χ0v) is 9.39. The van der Waals surface area contributed by atoms with Crippen LogP contribution >= 0.6 is 0 Å². The number of hydrogen-bond acceptors (Lipinski definition) is 3.